The van der Waals surface area contributed by atoms with Crippen LogP contribution >= 0.6 is 0 Å². The second-order valence-corrected chi connectivity index (χ2v) is 4.65. The molecule has 1 aliphatic carbocycles. The zero-order chi connectivity index (χ0) is 11.3. The summed E-state index contributed by atoms with van der Waals surface area (Å²) >= 11 is 0. The first kappa shape index (κ1) is 12.5. The summed E-state index contributed by atoms with van der Waals surface area (Å²) in [5.74, 6) is 1.28. The molecule has 1 fully saturated rings. The molecule has 0 heterocycles. The smallest absolute Gasteiger partial charge is 0.243 e. The lowest BCUT2D eigenvalue weighted by molar-refractivity contribution is -0.122. The third kappa shape index (κ3) is 4.62. The van der Waals surface area contributed by atoms with Crippen LogP contribution in [-0.2, 0) is 9.53 Å². The van der Waals surface area contributed by atoms with Crippen LogP contribution in [0.4, 0.5) is 0 Å². The molecule has 88 valence electrons. The Hall–Kier alpha value is -0.610. The van der Waals surface area contributed by atoms with Crippen molar-refractivity contribution >= 4 is 5.91 Å². The number of rotatable bonds is 7. The fraction of sp³-hybridized carbons (Fsp3) is 0.909. The van der Waals surface area contributed by atoms with Crippen molar-refractivity contribution in [3.63, 3.8) is 0 Å². The van der Waals surface area contributed by atoms with Gasteiger partial charge in [0.05, 0.1) is 6.61 Å². The number of nitrogens with one attached hydrogen (secondary N) is 1. The van der Waals surface area contributed by atoms with Crippen molar-refractivity contribution in [2.24, 2.45) is 17.6 Å². The van der Waals surface area contributed by atoms with Gasteiger partial charge in [-0.25, -0.2) is 0 Å². The van der Waals surface area contributed by atoms with Crippen LogP contribution < -0.4 is 11.1 Å². The largest absolute Gasteiger partial charge is 0.370 e. The van der Waals surface area contributed by atoms with Gasteiger partial charge >= 0.3 is 0 Å². The molecular weight excluding hydrogens is 192 g/mol. The third-order valence-electron chi connectivity index (χ3n) is 3.04. The van der Waals surface area contributed by atoms with Crippen molar-refractivity contribution in [1.29, 1.82) is 0 Å². The number of carbonyl (C=O) groups is 1. The maximum Gasteiger partial charge on any atom is 0.243 e. The Kier molecular flexibility index (Phi) is 5.05. The highest BCUT2D eigenvalue weighted by molar-refractivity contribution is 5.74. The van der Waals surface area contributed by atoms with Gasteiger partial charge in [-0.1, -0.05) is 13.8 Å². The number of hydrogen-bond donors (Lipinski definition) is 2. The fourth-order valence-electron chi connectivity index (χ4n) is 1.88. The van der Waals surface area contributed by atoms with Crippen molar-refractivity contribution in [3.8, 4) is 0 Å². The molecule has 15 heavy (non-hydrogen) atoms. The Morgan fingerprint density at radius 2 is 2.20 bits per heavy atom. The van der Waals surface area contributed by atoms with E-state index in [1.54, 1.807) is 0 Å². The van der Waals surface area contributed by atoms with Crippen molar-refractivity contribution in [2.75, 3.05) is 19.8 Å². The Morgan fingerprint density at radius 3 is 2.73 bits per heavy atom. The zero-order valence-corrected chi connectivity index (χ0v) is 9.66. The molecule has 0 bridgehead atoms. The molecule has 1 saturated carbocycles. The molecule has 0 aromatic heterocycles. The molecule has 4 nitrogen and oxygen atoms in total. The zero-order valence-electron chi connectivity index (χ0n) is 9.66. The maximum atomic E-state index is 10.4. The second-order valence-electron chi connectivity index (χ2n) is 4.65. The summed E-state index contributed by atoms with van der Waals surface area (Å²) in [6.45, 7) is 5.95. The number of nitrogens with two attached hydrogens (primary N) is 1. The van der Waals surface area contributed by atoms with Gasteiger partial charge in [-0.15, -0.1) is 0 Å². The van der Waals surface area contributed by atoms with E-state index in [0.29, 0.717) is 12.6 Å². The summed E-state index contributed by atoms with van der Waals surface area (Å²) in [4.78, 5) is 10.4. The lowest BCUT2D eigenvalue weighted by atomic mass is 9.74. The summed E-state index contributed by atoms with van der Waals surface area (Å²) in [5.41, 5.74) is 4.94. The van der Waals surface area contributed by atoms with Gasteiger partial charge in [0.15, 0.2) is 0 Å². The monoisotopic (exact) mass is 214 g/mol. The molecule has 1 aliphatic rings. The van der Waals surface area contributed by atoms with E-state index in [9.17, 15) is 4.79 Å². The van der Waals surface area contributed by atoms with Crippen LogP contribution in [0.3, 0.4) is 0 Å². The first-order valence-electron chi connectivity index (χ1n) is 5.69. The minimum atomic E-state index is -0.404. The highest BCUT2D eigenvalue weighted by Gasteiger charge is 2.30. The summed E-state index contributed by atoms with van der Waals surface area (Å²) in [6.07, 6.45) is 2.54. The van der Waals surface area contributed by atoms with E-state index < -0.39 is 5.91 Å². The molecule has 0 radical (unpaired) electrons. The Labute approximate surface area is 91.5 Å². The van der Waals surface area contributed by atoms with Gasteiger partial charge < -0.3 is 15.8 Å². The van der Waals surface area contributed by atoms with Gasteiger partial charge in [0, 0.05) is 12.6 Å². The van der Waals surface area contributed by atoms with Crippen molar-refractivity contribution in [2.45, 2.75) is 32.7 Å². The molecule has 3 N–H and O–H groups in total. The van der Waals surface area contributed by atoms with Gasteiger partial charge in [-0.05, 0) is 24.7 Å². The van der Waals surface area contributed by atoms with Crippen LogP contribution in [0.5, 0.6) is 0 Å². The Bertz CT molecular complexity index is 201. The Balaban J connectivity index is 1.88. The standard InChI is InChI=1S/C11H22N2O2/c1-8(2)9-5-10(6-9)13-3-4-15-7-11(12)14/h8-10,13H,3-7H2,1-2H3,(H2,12,14). The lowest BCUT2D eigenvalue weighted by Crippen LogP contribution is -2.44. The Morgan fingerprint density at radius 1 is 1.53 bits per heavy atom. The van der Waals surface area contributed by atoms with Crippen LogP contribution in [0, 0.1) is 11.8 Å². The molecule has 0 spiro atoms. The van der Waals surface area contributed by atoms with Gasteiger partial charge in [0.2, 0.25) is 5.91 Å². The first-order valence-corrected chi connectivity index (χ1v) is 5.69. The van der Waals surface area contributed by atoms with E-state index in [1.165, 1.54) is 12.8 Å². The van der Waals surface area contributed by atoms with Crippen molar-refractivity contribution in [1.82, 2.24) is 5.32 Å². The van der Waals surface area contributed by atoms with Crippen LogP contribution in [-0.4, -0.2) is 31.7 Å². The van der Waals surface area contributed by atoms with E-state index in [4.69, 9.17) is 10.5 Å². The predicted octanol–water partition coefficient (Wildman–Crippen LogP) is 0.513. The van der Waals surface area contributed by atoms with Crippen molar-refractivity contribution < 1.29 is 9.53 Å². The number of carbonyl (C=O) groups excluding carboxylic acids is 1. The predicted molar refractivity (Wildman–Crippen MR) is 59.4 cm³/mol. The van der Waals surface area contributed by atoms with Crippen LogP contribution in [0.25, 0.3) is 0 Å². The van der Waals surface area contributed by atoms with Gasteiger partial charge in [-0.2, -0.15) is 0 Å². The van der Waals surface area contributed by atoms with Gasteiger partial charge in [0.1, 0.15) is 6.61 Å². The second kappa shape index (κ2) is 6.08. The summed E-state index contributed by atoms with van der Waals surface area (Å²) in [5, 5.41) is 3.40. The summed E-state index contributed by atoms with van der Waals surface area (Å²) in [7, 11) is 0. The first-order chi connectivity index (χ1) is 7.09. The summed E-state index contributed by atoms with van der Waals surface area (Å²) in [6, 6.07) is 0.648. The van der Waals surface area contributed by atoms with Crippen LogP contribution in [0.1, 0.15) is 26.7 Å². The average molecular weight is 214 g/mol. The topological polar surface area (TPSA) is 64.3 Å². The van der Waals surface area contributed by atoms with E-state index in [2.05, 4.69) is 19.2 Å². The fourth-order valence-corrected chi connectivity index (χ4v) is 1.88. The molecule has 0 atom stereocenters. The molecule has 0 saturated heterocycles. The van der Waals surface area contributed by atoms with Crippen LogP contribution in [0.2, 0.25) is 0 Å². The molecule has 0 aromatic carbocycles. The number of primary amides is 1. The average Bonchev–Trinajstić information content (AvgIpc) is 2.06. The summed E-state index contributed by atoms with van der Waals surface area (Å²) < 4.78 is 5.05. The molecule has 1 rings (SSSR count). The highest BCUT2D eigenvalue weighted by Crippen LogP contribution is 2.33. The molecule has 4 heteroatoms. The van der Waals surface area contributed by atoms with Gasteiger partial charge in [-0.3, -0.25) is 4.79 Å². The van der Waals surface area contributed by atoms with E-state index in [1.807, 2.05) is 0 Å². The highest BCUT2D eigenvalue weighted by atomic mass is 16.5. The van der Waals surface area contributed by atoms with Crippen LogP contribution in [0.15, 0.2) is 0 Å². The molecule has 0 unspecified atom stereocenters. The molecule has 0 aromatic rings. The number of amides is 1. The number of ether oxygens (including phenoxy) is 1. The van der Waals surface area contributed by atoms with Crippen molar-refractivity contribution in [3.05, 3.63) is 0 Å². The van der Waals surface area contributed by atoms with E-state index in [0.717, 1.165) is 18.4 Å². The third-order valence-corrected chi connectivity index (χ3v) is 3.04. The number of hydrogen-bond acceptors (Lipinski definition) is 3. The molecule has 1 amide bonds. The quantitative estimate of drug-likeness (QED) is 0.607. The van der Waals surface area contributed by atoms with E-state index >= 15 is 0 Å². The maximum absolute atomic E-state index is 10.4. The minimum Gasteiger partial charge on any atom is -0.370 e. The lowest BCUT2D eigenvalue weighted by Gasteiger charge is -2.38. The molecule has 0 aliphatic heterocycles. The van der Waals surface area contributed by atoms with Gasteiger partial charge in [0.25, 0.3) is 0 Å². The SMILES string of the molecule is CC(C)C1CC(NCCOCC(N)=O)C1. The molecular formula is C11H22N2O2. The van der Waals surface area contributed by atoms with E-state index in [-0.39, 0.29) is 6.61 Å². The normalized spacial score (nSPS) is 25.3. The minimum absolute atomic E-state index is 0.0287.